The molecule has 4 aromatic carbocycles. The van der Waals surface area contributed by atoms with Crippen LogP contribution in [0.5, 0.6) is 11.5 Å². The average molecular weight is 694 g/mol. The normalized spacial score (nSPS) is 14.2. The van der Waals surface area contributed by atoms with Gasteiger partial charge in [0.05, 0.1) is 40.5 Å². The summed E-state index contributed by atoms with van der Waals surface area (Å²) in [5, 5.41) is 11.0. The van der Waals surface area contributed by atoms with Crippen molar-refractivity contribution in [2.45, 2.75) is 24.5 Å². The topological polar surface area (TPSA) is 122 Å². The molecule has 0 spiro atoms. The first-order valence-electron chi connectivity index (χ1n) is 15.3. The van der Waals surface area contributed by atoms with Crippen LogP contribution in [0, 0.1) is 10.1 Å². The molecular weight excluding hydrogens is 663 g/mol. The molecule has 248 valence electrons. The maximum absolute atomic E-state index is 14.2. The van der Waals surface area contributed by atoms with Crippen molar-refractivity contribution >= 4 is 46.5 Å². The minimum Gasteiger partial charge on any atom is -0.493 e. The van der Waals surface area contributed by atoms with Gasteiger partial charge >= 0.3 is 5.97 Å². The van der Waals surface area contributed by atoms with Crippen molar-refractivity contribution < 1.29 is 23.9 Å². The number of benzene rings is 4. The Morgan fingerprint density at radius 1 is 1.02 bits per heavy atom. The van der Waals surface area contributed by atoms with E-state index in [2.05, 4.69) is 0 Å². The van der Waals surface area contributed by atoms with Crippen LogP contribution >= 0.6 is 23.1 Å². The number of thiazole rings is 1. The van der Waals surface area contributed by atoms with Crippen LogP contribution in [0.1, 0.15) is 35.2 Å². The van der Waals surface area contributed by atoms with Crippen molar-refractivity contribution in [3.63, 3.8) is 0 Å². The van der Waals surface area contributed by atoms with Crippen LogP contribution in [-0.4, -0.2) is 35.4 Å². The summed E-state index contributed by atoms with van der Waals surface area (Å²) < 4.78 is 19.1. The van der Waals surface area contributed by atoms with Crippen LogP contribution in [-0.2, 0) is 16.1 Å². The number of ether oxygens (including phenoxy) is 3. The van der Waals surface area contributed by atoms with E-state index in [1.807, 2.05) is 66.9 Å². The summed E-state index contributed by atoms with van der Waals surface area (Å²) in [7, 11) is 1.52. The molecule has 12 heteroatoms. The zero-order valence-corrected chi connectivity index (χ0v) is 28.5. The first kappa shape index (κ1) is 33.4. The highest BCUT2D eigenvalue weighted by Crippen LogP contribution is 2.36. The van der Waals surface area contributed by atoms with Gasteiger partial charge in [0.25, 0.3) is 11.2 Å². The lowest BCUT2D eigenvalue weighted by Crippen LogP contribution is -2.40. The highest BCUT2D eigenvalue weighted by atomic mass is 32.2. The van der Waals surface area contributed by atoms with E-state index in [0.29, 0.717) is 37.7 Å². The minimum atomic E-state index is -0.770. The van der Waals surface area contributed by atoms with Crippen molar-refractivity contribution in [3.05, 3.63) is 155 Å². The molecule has 5 aromatic rings. The van der Waals surface area contributed by atoms with Crippen molar-refractivity contribution in [2.75, 3.05) is 20.0 Å². The van der Waals surface area contributed by atoms with Gasteiger partial charge in [-0.15, -0.1) is 11.8 Å². The summed E-state index contributed by atoms with van der Waals surface area (Å²) in [5.74, 6) is 0.387. The lowest BCUT2D eigenvalue weighted by molar-refractivity contribution is -0.384. The molecule has 1 atom stereocenters. The van der Waals surface area contributed by atoms with Gasteiger partial charge in [-0.1, -0.05) is 59.9 Å². The first-order chi connectivity index (χ1) is 23.8. The number of esters is 1. The highest BCUT2D eigenvalue weighted by Gasteiger charge is 2.35. The number of hydrogen-bond acceptors (Lipinski definition) is 10. The lowest BCUT2D eigenvalue weighted by Gasteiger charge is -2.26. The Morgan fingerprint density at radius 3 is 2.41 bits per heavy atom. The third kappa shape index (κ3) is 7.06. The molecule has 0 fully saturated rings. The third-order valence-corrected chi connectivity index (χ3v) is 9.56. The number of carbonyl (C=O) groups is 1. The number of hydrogen-bond donors (Lipinski definition) is 0. The van der Waals surface area contributed by atoms with Gasteiger partial charge in [0, 0.05) is 22.6 Å². The van der Waals surface area contributed by atoms with Gasteiger partial charge in [-0.25, -0.2) is 9.79 Å². The molecule has 0 unspecified atom stereocenters. The summed E-state index contributed by atoms with van der Waals surface area (Å²) in [4.78, 5) is 44.9. The second kappa shape index (κ2) is 14.8. The Kier molecular flexibility index (Phi) is 10.1. The number of nitrogens with zero attached hydrogens (tertiary/aromatic N) is 3. The number of non-ortho nitro benzene ring substituents is 1. The van der Waals surface area contributed by atoms with E-state index in [-0.39, 0.29) is 24.5 Å². The molecule has 2 heterocycles. The van der Waals surface area contributed by atoms with E-state index in [4.69, 9.17) is 19.2 Å². The molecule has 0 N–H and O–H groups in total. The van der Waals surface area contributed by atoms with Crippen molar-refractivity contribution in [1.82, 2.24) is 4.57 Å². The van der Waals surface area contributed by atoms with Crippen LogP contribution < -0.4 is 24.4 Å². The van der Waals surface area contributed by atoms with Gasteiger partial charge < -0.3 is 14.2 Å². The smallest absolute Gasteiger partial charge is 0.338 e. The molecule has 0 amide bonds. The highest BCUT2D eigenvalue weighted by molar-refractivity contribution is 7.98. The minimum absolute atomic E-state index is 0.00388. The molecule has 0 aliphatic carbocycles. The van der Waals surface area contributed by atoms with E-state index < -0.39 is 16.9 Å². The number of fused-ring (bicyclic) bond motifs is 1. The number of nitro benzene ring substituents is 1. The molecule has 0 saturated heterocycles. The number of carbonyl (C=O) groups excluding carboxylic acids is 1. The zero-order chi connectivity index (χ0) is 34.5. The quantitative estimate of drug-likeness (QED) is 0.0699. The largest absolute Gasteiger partial charge is 0.493 e. The fourth-order valence-electron chi connectivity index (χ4n) is 5.46. The van der Waals surface area contributed by atoms with Crippen molar-refractivity contribution in [3.8, 4) is 11.5 Å². The number of rotatable bonds is 11. The van der Waals surface area contributed by atoms with Crippen LogP contribution in [0.2, 0.25) is 0 Å². The predicted molar refractivity (Wildman–Crippen MR) is 190 cm³/mol. The van der Waals surface area contributed by atoms with Crippen LogP contribution in [0.4, 0.5) is 5.69 Å². The molecule has 0 bridgehead atoms. The Balaban J connectivity index is 1.43. The zero-order valence-electron chi connectivity index (χ0n) is 26.8. The Hall–Kier alpha value is -5.46. The second-order valence-corrected chi connectivity index (χ2v) is 12.7. The van der Waals surface area contributed by atoms with E-state index in [1.54, 1.807) is 53.6 Å². The predicted octanol–water partition coefficient (Wildman–Crippen LogP) is 6.15. The summed E-state index contributed by atoms with van der Waals surface area (Å²) in [6.07, 6.45) is 3.75. The molecule has 0 saturated carbocycles. The molecular formula is C37H31N3O7S2. The van der Waals surface area contributed by atoms with Gasteiger partial charge in [0.15, 0.2) is 16.3 Å². The second-order valence-electron chi connectivity index (χ2n) is 10.8. The van der Waals surface area contributed by atoms with Gasteiger partial charge in [-0.05, 0) is 72.3 Å². The molecule has 1 aliphatic rings. The number of aromatic nitrogens is 1. The Morgan fingerprint density at radius 2 is 1.76 bits per heavy atom. The molecule has 1 aromatic heterocycles. The van der Waals surface area contributed by atoms with Gasteiger partial charge in [0.1, 0.15) is 6.61 Å². The SMILES string of the molecule is CCOC(=O)C1=C(c2ccccc2)N=c2s/c(=C\c3ccc(OCc4ccc([N+](=O)[O-])cc4)c(OC)c3)c(=O)n2[C@@H]1c1ccc(SC)cc1. The van der Waals surface area contributed by atoms with E-state index in [1.165, 1.54) is 30.6 Å². The van der Waals surface area contributed by atoms with E-state index in [0.717, 1.165) is 21.6 Å². The summed E-state index contributed by atoms with van der Waals surface area (Å²) in [6.45, 7) is 2.09. The third-order valence-electron chi connectivity index (χ3n) is 7.83. The standard InChI is InChI=1S/C37H31N3O7S2/c1-4-46-36(42)32-33(25-8-6-5-7-9-25)38-37-39(34(32)26-13-17-28(48-3)18-14-26)35(41)31(49-37)21-24-12-19-29(30(20-24)45-2)47-22-23-10-15-27(16-11-23)40(43)44/h5-21,34H,4,22H2,1-3H3/b31-21-/t34-/m1/s1. The molecule has 0 radical (unpaired) electrons. The molecule has 1 aliphatic heterocycles. The summed E-state index contributed by atoms with van der Waals surface area (Å²) in [6, 6.07) is 27.9. The van der Waals surface area contributed by atoms with Crippen molar-refractivity contribution in [2.24, 2.45) is 4.99 Å². The van der Waals surface area contributed by atoms with Gasteiger partial charge in [0.2, 0.25) is 0 Å². The van der Waals surface area contributed by atoms with Crippen LogP contribution in [0.15, 0.2) is 117 Å². The monoisotopic (exact) mass is 693 g/mol. The number of nitro groups is 1. The maximum atomic E-state index is 14.2. The fraction of sp³-hybridized carbons (Fsp3) is 0.162. The average Bonchev–Trinajstić information content (AvgIpc) is 3.44. The fourth-order valence-corrected chi connectivity index (χ4v) is 6.87. The number of methoxy groups -OCH3 is 1. The maximum Gasteiger partial charge on any atom is 0.338 e. The summed E-state index contributed by atoms with van der Waals surface area (Å²) >= 11 is 2.84. The molecule has 10 nitrogen and oxygen atoms in total. The number of thioether (sulfide) groups is 1. The summed E-state index contributed by atoms with van der Waals surface area (Å²) in [5.41, 5.74) is 3.41. The van der Waals surface area contributed by atoms with E-state index in [9.17, 15) is 19.7 Å². The van der Waals surface area contributed by atoms with Gasteiger partial charge in [-0.2, -0.15) is 0 Å². The van der Waals surface area contributed by atoms with Crippen molar-refractivity contribution in [1.29, 1.82) is 0 Å². The van der Waals surface area contributed by atoms with Crippen LogP contribution in [0.3, 0.4) is 0 Å². The Bertz CT molecular complexity index is 2230. The Labute approximate surface area is 289 Å². The first-order valence-corrected chi connectivity index (χ1v) is 17.3. The molecule has 49 heavy (non-hydrogen) atoms. The van der Waals surface area contributed by atoms with Gasteiger partial charge in [-0.3, -0.25) is 19.5 Å². The lowest BCUT2D eigenvalue weighted by atomic mass is 9.93. The van der Waals surface area contributed by atoms with Crippen LogP contribution in [0.25, 0.3) is 11.8 Å². The van der Waals surface area contributed by atoms with E-state index >= 15 is 0 Å². The molecule has 6 rings (SSSR count).